The molecule has 0 fully saturated rings. The summed E-state index contributed by atoms with van der Waals surface area (Å²) in [5.74, 6) is 1.37. The van der Waals surface area contributed by atoms with Gasteiger partial charge < -0.3 is 20.2 Å². The molecule has 0 aliphatic carbocycles. The van der Waals surface area contributed by atoms with Crippen molar-refractivity contribution in [2.75, 3.05) is 20.0 Å². The van der Waals surface area contributed by atoms with Gasteiger partial charge >= 0.3 is 0 Å². The molecular weight excluding hydrogens is 273 g/mol. The van der Waals surface area contributed by atoms with Gasteiger partial charge in [-0.25, -0.2) is 9.37 Å². The van der Waals surface area contributed by atoms with Crippen LogP contribution in [0.5, 0.6) is 11.5 Å². The Morgan fingerprint density at radius 1 is 1.10 bits per heavy atom. The highest BCUT2D eigenvalue weighted by atomic mass is 19.1. The number of imidazole rings is 1. The molecule has 108 valence electrons. The van der Waals surface area contributed by atoms with Crippen LogP contribution < -0.4 is 15.2 Å². The third-order valence-corrected chi connectivity index (χ3v) is 3.26. The van der Waals surface area contributed by atoms with Gasteiger partial charge in [0, 0.05) is 17.7 Å². The fourth-order valence-electron chi connectivity index (χ4n) is 2.16. The lowest BCUT2D eigenvalue weighted by Crippen LogP contribution is -1.91. The monoisotopic (exact) mass is 287 g/mol. The first-order valence-electron chi connectivity index (χ1n) is 6.29. The predicted molar refractivity (Wildman–Crippen MR) is 79.0 cm³/mol. The number of ether oxygens (including phenoxy) is 2. The number of methoxy groups -OCH3 is 2. The maximum Gasteiger partial charge on any atom is 0.163 e. The summed E-state index contributed by atoms with van der Waals surface area (Å²) in [6.07, 6.45) is 0. The van der Waals surface area contributed by atoms with Gasteiger partial charge in [-0.1, -0.05) is 0 Å². The molecule has 0 bridgehead atoms. The number of aromatic nitrogens is 2. The summed E-state index contributed by atoms with van der Waals surface area (Å²) in [7, 11) is 3.14. The molecular formula is C15H14FN3O2. The van der Waals surface area contributed by atoms with Crippen molar-refractivity contribution in [3.05, 3.63) is 36.1 Å². The van der Waals surface area contributed by atoms with Gasteiger partial charge in [0.1, 0.15) is 11.6 Å². The molecule has 0 amide bonds. The minimum absolute atomic E-state index is 0.0862. The van der Waals surface area contributed by atoms with Crippen LogP contribution in [0.25, 0.3) is 22.4 Å². The van der Waals surface area contributed by atoms with Crippen molar-refractivity contribution in [1.29, 1.82) is 0 Å². The molecule has 5 nitrogen and oxygen atoms in total. The molecule has 0 aliphatic rings. The molecule has 3 N–H and O–H groups in total. The second-order valence-corrected chi connectivity index (χ2v) is 4.55. The van der Waals surface area contributed by atoms with Crippen LogP contribution in [-0.2, 0) is 0 Å². The summed E-state index contributed by atoms with van der Waals surface area (Å²) in [6, 6.07) is 8.07. The van der Waals surface area contributed by atoms with Crippen LogP contribution in [0.4, 0.5) is 10.1 Å². The first-order chi connectivity index (χ1) is 10.1. The number of nitrogens with one attached hydrogen (secondary N) is 1. The lowest BCUT2D eigenvalue weighted by Gasteiger charge is -2.06. The number of fused-ring (bicyclic) bond motifs is 1. The Kier molecular flexibility index (Phi) is 3.13. The van der Waals surface area contributed by atoms with Crippen molar-refractivity contribution in [2.24, 2.45) is 0 Å². The van der Waals surface area contributed by atoms with Gasteiger partial charge in [-0.15, -0.1) is 0 Å². The van der Waals surface area contributed by atoms with Crippen LogP contribution >= 0.6 is 0 Å². The van der Waals surface area contributed by atoms with Crippen molar-refractivity contribution in [3.63, 3.8) is 0 Å². The highest BCUT2D eigenvalue weighted by Crippen LogP contribution is 2.32. The molecule has 0 aliphatic heterocycles. The van der Waals surface area contributed by atoms with Crippen LogP contribution in [0.2, 0.25) is 0 Å². The molecule has 0 spiro atoms. The SMILES string of the molecule is COc1cc2nc(-c3ccc(F)c(N)c3)[nH]c2cc1OC. The molecule has 6 heteroatoms. The van der Waals surface area contributed by atoms with Gasteiger partial charge in [0.05, 0.1) is 30.9 Å². The molecule has 1 aromatic heterocycles. The normalized spacial score (nSPS) is 10.8. The zero-order valence-electron chi connectivity index (χ0n) is 11.6. The highest BCUT2D eigenvalue weighted by molar-refractivity contribution is 5.83. The summed E-state index contributed by atoms with van der Waals surface area (Å²) in [5, 5.41) is 0. The average molecular weight is 287 g/mol. The van der Waals surface area contributed by atoms with Crippen molar-refractivity contribution in [3.8, 4) is 22.9 Å². The number of aromatic amines is 1. The number of nitrogens with zero attached hydrogens (tertiary/aromatic N) is 1. The number of nitrogens with two attached hydrogens (primary N) is 1. The fraction of sp³-hybridized carbons (Fsp3) is 0.133. The topological polar surface area (TPSA) is 73.2 Å². The lowest BCUT2D eigenvalue weighted by molar-refractivity contribution is 0.356. The second-order valence-electron chi connectivity index (χ2n) is 4.55. The van der Waals surface area contributed by atoms with Gasteiger partial charge in [0.25, 0.3) is 0 Å². The molecule has 0 atom stereocenters. The van der Waals surface area contributed by atoms with E-state index in [2.05, 4.69) is 9.97 Å². The number of halogens is 1. The quantitative estimate of drug-likeness (QED) is 0.726. The van der Waals surface area contributed by atoms with Crippen LogP contribution in [0, 0.1) is 5.82 Å². The Hall–Kier alpha value is -2.76. The van der Waals surface area contributed by atoms with E-state index in [0.29, 0.717) is 22.9 Å². The van der Waals surface area contributed by atoms with Crippen molar-refractivity contribution >= 4 is 16.7 Å². The lowest BCUT2D eigenvalue weighted by atomic mass is 10.2. The molecule has 0 saturated heterocycles. The van der Waals surface area contributed by atoms with Gasteiger partial charge in [-0.3, -0.25) is 0 Å². The summed E-state index contributed by atoms with van der Waals surface area (Å²) in [6.45, 7) is 0. The van der Waals surface area contributed by atoms with Crippen molar-refractivity contribution in [1.82, 2.24) is 9.97 Å². The molecule has 2 aromatic carbocycles. The fourth-order valence-corrected chi connectivity index (χ4v) is 2.16. The van der Waals surface area contributed by atoms with Crippen LogP contribution in [0.1, 0.15) is 0 Å². The number of H-pyrrole nitrogens is 1. The van der Waals surface area contributed by atoms with E-state index in [1.54, 1.807) is 38.5 Å². The number of nitrogen functional groups attached to an aromatic ring is 1. The van der Waals surface area contributed by atoms with E-state index in [1.807, 2.05) is 0 Å². The van der Waals surface area contributed by atoms with Gasteiger partial charge in [0.15, 0.2) is 11.5 Å². The maximum atomic E-state index is 13.2. The Labute approximate surface area is 120 Å². The first kappa shape index (κ1) is 13.2. The average Bonchev–Trinajstić information content (AvgIpc) is 2.91. The molecule has 1 heterocycles. The molecule has 0 radical (unpaired) electrons. The molecule has 21 heavy (non-hydrogen) atoms. The van der Waals surface area contributed by atoms with E-state index in [0.717, 1.165) is 11.0 Å². The Morgan fingerprint density at radius 3 is 2.48 bits per heavy atom. The van der Waals surface area contributed by atoms with Crippen LogP contribution in [0.15, 0.2) is 30.3 Å². The minimum atomic E-state index is -0.446. The standard InChI is InChI=1S/C15H14FN3O2/c1-20-13-6-11-12(7-14(13)21-2)19-15(18-11)8-3-4-9(16)10(17)5-8/h3-7H,17H2,1-2H3,(H,18,19). The third-order valence-electron chi connectivity index (χ3n) is 3.26. The van der Waals surface area contributed by atoms with E-state index in [9.17, 15) is 4.39 Å². The Bertz CT molecular complexity index is 773. The van der Waals surface area contributed by atoms with E-state index >= 15 is 0 Å². The van der Waals surface area contributed by atoms with E-state index in [-0.39, 0.29) is 5.69 Å². The Morgan fingerprint density at radius 2 is 1.81 bits per heavy atom. The summed E-state index contributed by atoms with van der Waals surface area (Å²) in [4.78, 5) is 7.63. The number of hydrogen-bond acceptors (Lipinski definition) is 4. The molecule has 3 rings (SSSR count). The molecule has 3 aromatic rings. The van der Waals surface area contributed by atoms with E-state index < -0.39 is 5.82 Å². The highest BCUT2D eigenvalue weighted by Gasteiger charge is 2.11. The summed E-state index contributed by atoms with van der Waals surface area (Å²) < 4.78 is 23.7. The number of rotatable bonds is 3. The zero-order chi connectivity index (χ0) is 15.0. The zero-order valence-corrected chi connectivity index (χ0v) is 11.6. The largest absolute Gasteiger partial charge is 0.493 e. The van der Waals surface area contributed by atoms with Crippen LogP contribution in [-0.4, -0.2) is 24.2 Å². The number of benzene rings is 2. The van der Waals surface area contributed by atoms with E-state index in [1.165, 1.54) is 6.07 Å². The van der Waals surface area contributed by atoms with E-state index in [4.69, 9.17) is 15.2 Å². The first-order valence-corrected chi connectivity index (χ1v) is 6.29. The molecule has 0 unspecified atom stereocenters. The van der Waals surface area contributed by atoms with Gasteiger partial charge in [-0.2, -0.15) is 0 Å². The predicted octanol–water partition coefficient (Wildman–Crippen LogP) is 2.97. The Balaban J connectivity index is 2.14. The van der Waals surface area contributed by atoms with Crippen molar-refractivity contribution < 1.29 is 13.9 Å². The molecule has 0 saturated carbocycles. The second kappa shape index (κ2) is 4.97. The smallest absolute Gasteiger partial charge is 0.163 e. The van der Waals surface area contributed by atoms with Gasteiger partial charge in [-0.05, 0) is 18.2 Å². The summed E-state index contributed by atoms with van der Waals surface area (Å²) >= 11 is 0. The summed E-state index contributed by atoms with van der Waals surface area (Å²) in [5.41, 5.74) is 7.91. The van der Waals surface area contributed by atoms with Crippen molar-refractivity contribution in [2.45, 2.75) is 0 Å². The van der Waals surface area contributed by atoms with Gasteiger partial charge in [0.2, 0.25) is 0 Å². The third kappa shape index (κ3) is 2.24. The van der Waals surface area contributed by atoms with Crippen LogP contribution in [0.3, 0.4) is 0 Å². The minimum Gasteiger partial charge on any atom is -0.493 e. The maximum absolute atomic E-state index is 13.2. The number of anilines is 1. The number of hydrogen-bond donors (Lipinski definition) is 2.